The molecule has 1 aromatic heterocycles. The summed E-state index contributed by atoms with van der Waals surface area (Å²) in [5.41, 5.74) is 1.25. The number of nitrogens with one attached hydrogen (secondary N) is 1. The summed E-state index contributed by atoms with van der Waals surface area (Å²) < 4.78 is 2.15. The Morgan fingerprint density at radius 2 is 1.90 bits per heavy atom. The molecule has 0 fully saturated rings. The zero-order valence-electron chi connectivity index (χ0n) is 13.9. The number of nitrogens with zero attached hydrogens (tertiary/aromatic N) is 2. The maximum atomic E-state index is 4.73. The highest BCUT2D eigenvalue weighted by Crippen LogP contribution is 2.15. The Bertz CT molecular complexity index is 342. The van der Waals surface area contributed by atoms with Gasteiger partial charge in [-0.05, 0) is 57.6 Å². The van der Waals surface area contributed by atoms with E-state index in [9.17, 15) is 0 Å². The van der Waals surface area contributed by atoms with Gasteiger partial charge in [0.25, 0.3) is 0 Å². The second-order valence-electron chi connectivity index (χ2n) is 5.71. The highest BCUT2D eigenvalue weighted by molar-refractivity contribution is 5.00. The maximum Gasteiger partial charge on any atom is 0.0624 e. The molecule has 1 heterocycles. The Labute approximate surface area is 125 Å². The highest BCUT2D eigenvalue weighted by atomic mass is 15.3. The van der Waals surface area contributed by atoms with E-state index in [1.165, 1.54) is 31.4 Å². The Kier molecular flexibility index (Phi) is 8.59. The third-order valence-electron chi connectivity index (χ3n) is 4.14. The first-order valence-corrected chi connectivity index (χ1v) is 8.52. The van der Waals surface area contributed by atoms with Crippen LogP contribution in [0.25, 0.3) is 0 Å². The Hall–Kier alpha value is -0.830. The molecule has 20 heavy (non-hydrogen) atoms. The van der Waals surface area contributed by atoms with Gasteiger partial charge in [-0.15, -0.1) is 0 Å². The van der Waals surface area contributed by atoms with E-state index >= 15 is 0 Å². The number of hydrogen-bond acceptors (Lipinski definition) is 2. The molecule has 0 saturated heterocycles. The van der Waals surface area contributed by atoms with Gasteiger partial charge in [0.15, 0.2) is 0 Å². The van der Waals surface area contributed by atoms with Crippen molar-refractivity contribution in [3.63, 3.8) is 0 Å². The molecule has 1 unspecified atom stereocenters. The largest absolute Gasteiger partial charge is 0.314 e. The van der Waals surface area contributed by atoms with Crippen LogP contribution in [0, 0.1) is 0 Å². The van der Waals surface area contributed by atoms with Crippen LogP contribution in [-0.2, 0) is 6.42 Å². The second kappa shape index (κ2) is 9.98. The van der Waals surface area contributed by atoms with Gasteiger partial charge in [-0.25, -0.2) is 0 Å². The lowest BCUT2D eigenvalue weighted by Crippen LogP contribution is -2.29. The average molecular weight is 279 g/mol. The van der Waals surface area contributed by atoms with Crippen LogP contribution < -0.4 is 5.32 Å². The van der Waals surface area contributed by atoms with Gasteiger partial charge in [-0.2, -0.15) is 5.10 Å². The van der Waals surface area contributed by atoms with Crippen LogP contribution in [0.2, 0.25) is 0 Å². The maximum absolute atomic E-state index is 4.73. The van der Waals surface area contributed by atoms with Crippen molar-refractivity contribution in [3.8, 4) is 0 Å². The van der Waals surface area contributed by atoms with Crippen LogP contribution in [0.1, 0.15) is 78.0 Å². The van der Waals surface area contributed by atoms with Gasteiger partial charge in [0, 0.05) is 12.2 Å². The molecule has 0 bridgehead atoms. The van der Waals surface area contributed by atoms with Crippen LogP contribution in [0.4, 0.5) is 0 Å². The normalized spacial score (nSPS) is 13.1. The molecule has 0 radical (unpaired) electrons. The Morgan fingerprint density at radius 1 is 1.15 bits per heavy atom. The van der Waals surface area contributed by atoms with Gasteiger partial charge in [0.2, 0.25) is 0 Å². The second-order valence-corrected chi connectivity index (χ2v) is 5.71. The van der Waals surface area contributed by atoms with Crippen LogP contribution in [0.5, 0.6) is 0 Å². The van der Waals surface area contributed by atoms with Crippen molar-refractivity contribution in [1.29, 1.82) is 0 Å². The molecule has 0 spiro atoms. The molecule has 0 saturated carbocycles. The first-order valence-electron chi connectivity index (χ1n) is 8.52. The molecule has 1 rings (SSSR count). The average Bonchev–Trinajstić information content (AvgIpc) is 2.92. The van der Waals surface area contributed by atoms with Crippen molar-refractivity contribution in [2.75, 3.05) is 6.54 Å². The van der Waals surface area contributed by atoms with E-state index in [0.29, 0.717) is 12.1 Å². The number of aryl methyl sites for hydroxylation is 1. The number of rotatable bonds is 11. The Morgan fingerprint density at radius 3 is 2.50 bits per heavy atom. The van der Waals surface area contributed by atoms with Crippen LogP contribution in [0.15, 0.2) is 12.3 Å². The van der Waals surface area contributed by atoms with E-state index in [2.05, 4.69) is 50.0 Å². The smallest absolute Gasteiger partial charge is 0.0624 e. The van der Waals surface area contributed by atoms with Crippen molar-refractivity contribution in [1.82, 2.24) is 15.1 Å². The summed E-state index contributed by atoms with van der Waals surface area (Å²) in [6, 6.07) is 3.44. The van der Waals surface area contributed by atoms with E-state index in [1.807, 2.05) is 0 Å². The fourth-order valence-corrected chi connectivity index (χ4v) is 2.71. The fourth-order valence-electron chi connectivity index (χ4n) is 2.71. The van der Waals surface area contributed by atoms with Gasteiger partial charge in [-0.3, -0.25) is 4.68 Å². The predicted octanol–water partition coefficient (Wildman–Crippen LogP) is 4.35. The van der Waals surface area contributed by atoms with Crippen molar-refractivity contribution in [2.45, 2.75) is 84.7 Å². The zero-order chi connectivity index (χ0) is 14.8. The molecule has 0 amide bonds. The summed E-state index contributed by atoms with van der Waals surface area (Å²) in [5, 5.41) is 8.35. The van der Waals surface area contributed by atoms with Gasteiger partial charge in [-0.1, -0.05) is 27.7 Å². The van der Waals surface area contributed by atoms with Gasteiger partial charge < -0.3 is 5.32 Å². The molecule has 116 valence electrons. The van der Waals surface area contributed by atoms with Crippen LogP contribution >= 0.6 is 0 Å². The third-order valence-corrected chi connectivity index (χ3v) is 4.14. The molecule has 1 atom stereocenters. The molecule has 1 N–H and O–H groups in total. The SMILES string of the molecule is CCCNC(CC)CCCc1ccn(C(CC)CC)n1. The summed E-state index contributed by atoms with van der Waals surface area (Å²) in [4.78, 5) is 0. The van der Waals surface area contributed by atoms with Crippen LogP contribution in [0.3, 0.4) is 0 Å². The minimum Gasteiger partial charge on any atom is -0.314 e. The standard InChI is InChI=1S/C17H33N3/c1-5-13-18-15(6-2)10-9-11-16-12-14-20(19-16)17(7-3)8-4/h12,14-15,17-18H,5-11,13H2,1-4H3. The van der Waals surface area contributed by atoms with E-state index in [-0.39, 0.29) is 0 Å². The third kappa shape index (κ3) is 5.66. The van der Waals surface area contributed by atoms with E-state index in [4.69, 9.17) is 5.10 Å². The van der Waals surface area contributed by atoms with Crippen LogP contribution in [-0.4, -0.2) is 22.4 Å². The van der Waals surface area contributed by atoms with Crippen molar-refractivity contribution >= 4 is 0 Å². The number of hydrogen-bond donors (Lipinski definition) is 1. The minimum absolute atomic E-state index is 0.568. The monoisotopic (exact) mass is 279 g/mol. The molecule has 0 aliphatic heterocycles. The summed E-state index contributed by atoms with van der Waals surface area (Å²) in [5.74, 6) is 0. The summed E-state index contributed by atoms with van der Waals surface area (Å²) in [7, 11) is 0. The fraction of sp³-hybridized carbons (Fsp3) is 0.824. The molecule has 0 aliphatic rings. The van der Waals surface area contributed by atoms with Crippen molar-refractivity contribution < 1.29 is 0 Å². The van der Waals surface area contributed by atoms with Crippen molar-refractivity contribution in [3.05, 3.63) is 18.0 Å². The molecule has 3 heteroatoms. The van der Waals surface area contributed by atoms with Gasteiger partial charge >= 0.3 is 0 Å². The van der Waals surface area contributed by atoms with E-state index in [1.54, 1.807) is 0 Å². The van der Waals surface area contributed by atoms with Crippen molar-refractivity contribution in [2.24, 2.45) is 0 Å². The first kappa shape index (κ1) is 17.2. The lowest BCUT2D eigenvalue weighted by Gasteiger charge is -2.16. The lowest BCUT2D eigenvalue weighted by atomic mass is 10.1. The minimum atomic E-state index is 0.568. The lowest BCUT2D eigenvalue weighted by molar-refractivity contribution is 0.422. The molecule has 1 aromatic rings. The molecular formula is C17H33N3. The molecular weight excluding hydrogens is 246 g/mol. The topological polar surface area (TPSA) is 29.9 Å². The highest BCUT2D eigenvalue weighted by Gasteiger charge is 2.09. The summed E-state index contributed by atoms with van der Waals surface area (Å²) >= 11 is 0. The first-order chi connectivity index (χ1) is 9.74. The van der Waals surface area contributed by atoms with Gasteiger partial charge in [0.1, 0.15) is 0 Å². The molecule has 0 aromatic carbocycles. The predicted molar refractivity (Wildman–Crippen MR) is 87.2 cm³/mol. The zero-order valence-corrected chi connectivity index (χ0v) is 13.9. The summed E-state index contributed by atoms with van der Waals surface area (Å²) in [6.45, 7) is 10.1. The molecule has 3 nitrogen and oxygen atoms in total. The molecule has 0 aliphatic carbocycles. The number of aromatic nitrogens is 2. The quantitative estimate of drug-likeness (QED) is 0.653. The van der Waals surface area contributed by atoms with Gasteiger partial charge in [0.05, 0.1) is 11.7 Å². The van der Waals surface area contributed by atoms with E-state index < -0.39 is 0 Å². The Balaban J connectivity index is 2.34. The van der Waals surface area contributed by atoms with E-state index in [0.717, 1.165) is 25.8 Å². The summed E-state index contributed by atoms with van der Waals surface area (Å²) in [6.07, 6.45) is 10.5.